The second-order valence-electron chi connectivity index (χ2n) is 7.49. The molecule has 2 N–H and O–H groups in total. The van der Waals surface area contributed by atoms with Crippen LogP contribution < -0.4 is 10.7 Å². The normalized spacial score (nSPS) is 14.2. The number of benzene rings is 2. The van der Waals surface area contributed by atoms with Crippen LogP contribution in [-0.2, 0) is 6.42 Å². The first-order valence-electron chi connectivity index (χ1n) is 10.1. The smallest absolute Gasteiger partial charge is 0.291 e. The first kappa shape index (κ1) is 20.9. The number of carbonyl (C=O) groups excluding carboxylic acids is 2. The lowest BCUT2D eigenvalue weighted by Gasteiger charge is -2.13. The van der Waals surface area contributed by atoms with E-state index >= 15 is 0 Å². The minimum Gasteiger partial charge on any atom is -0.455 e. The van der Waals surface area contributed by atoms with Crippen LogP contribution in [0, 0.1) is 13.8 Å². The molecule has 1 aliphatic carbocycles. The average molecular weight is 436 g/mol. The summed E-state index contributed by atoms with van der Waals surface area (Å²) in [4.78, 5) is 25.3. The Hall–Kier alpha value is -3.38. The van der Waals surface area contributed by atoms with Gasteiger partial charge in [-0.2, -0.15) is 5.10 Å². The van der Waals surface area contributed by atoms with Gasteiger partial charge in [0.15, 0.2) is 5.76 Å². The summed E-state index contributed by atoms with van der Waals surface area (Å²) in [6.07, 6.45) is 2.22. The highest BCUT2D eigenvalue weighted by molar-refractivity contribution is 6.31. The van der Waals surface area contributed by atoms with Crippen LogP contribution >= 0.6 is 11.6 Å². The van der Waals surface area contributed by atoms with E-state index in [1.54, 1.807) is 24.3 Å². The number of halogens is 1. The second kappa shape index (κ2) is 8.78. The van der Waals surface area contributed by atoms with Gasteiger partial charge >= 0.3 is 0 Å². The molecule has 2 amide bonds. The van der Waals surface area contributed by atoms with Crippen molar-refractivity contribution in [2.24, 2.45) is 5.10 Å². The number of rotatable bonds is 4. The quantitative estimate of drug-likeness (QED) is 0.547. The number of anilines is 1. The number of amides is 2. The molecular formula is C24H22ClN3O3. The van der Waals surface area contributed by atoms with Crippen molar-refractivity contribution in [3.05, 3.63) is 87.3 Å². The number of hydrogen-bond acceptors (Lipinski definition) is 4. The number of hydrogen-bond donors (Lipinski definition) is 2. The molecule has 0 bridgehead atoms. The maximum Gasteiger partial charge on any atom is 0.291 e. The Kier molecular flexibility index (Phi) is 5.91. The van der Waals surface area contributed by atoms with Crippen LogP contribution in [0.5, 0.6) is 0 Å². The van der Waals surface area contributed by atoms with Crippen LogP contribution in [0.15, 0.2) is 58.0 Å². The molecular weight excluding hydrogens is 414 g/mol. The number of hydrazone groups is 1. The third-order valence-electron chi connectivity index (χ3n) is 5.30. The second-order valence-corrected chi connectivity index (χ2v) is 7.92. The molecule has 1 aromatic heterocycles. The van der Waals surface area contributed by atoms with Gasteiger partial charge in [-0.15, -0.1) is 0 Å². The predicted molar refractivity (Wildman–Crippen MR) is 121 cm³/mol. The minimum absolute atomic E-state index is 0.268. The molecule has 1 aliphatic rings. The molecule has 1 heterocycles. The third kappa shape index (κ3) is 4.39. The highest BCUT2D eigenvalue weighted by Crippen LogP contribution is 2.30. The monoisotopic (exact) mass is 435 g/mol. The van der Waals surface area contributed by atoms with Gasteiger partial charge in [-0.25, -0.2) is 5.43 Å². The van der Waals surface area contributed by atoms with E-state index in [1.807, 2.05) is 38.1 Å². The Morgan fingerprint density at radius 1 is 1.03 bits per heavy atom. The van der Waals surface area contributed by atoms with E-state index in [-0.39, 0.29) is 17.6 Å². The van der Waals surface area contributed by atoms with Crippen molar-refractivity contribution < 1.29 is 14.0 Å². The van der Waals surface area contributed by atoms with Crippen molar-refractivity contribution in [2.45, 2.75) is 33.1 Å². The molecule has 3 aromatic rings. The fourth-order valence-corrected chi connectivity index (χ4v) is 3.89. The summed E-state index contributed by atoms with van der Waals surface area (Å²) in [5, 5.41) is 7.74. The van der Waals surface area contributed by atoms with E-state index in [0.717, 1.165) is 41.0 Å². The SMILES string of the molecule is Cc1ccccc1NC(=O)c1oc2c(c1C)/C(=N/NC(=O)c1cccc(Cl)c1)CCC2. The standard InChI is InChI=1S/C24H22ClN3O3/c1-14-7-3-4-10-18(14)26-24(30)22-15(2)21-19(11-6-12-20(21)31-22)27-28-23(29)16-8-5-9-17(25)13-16/h3-5,7-10,13H,6,11-12H2,1-2H3,(H,26,30)(H,28,29)/b27-19+. The van der Waals surface area contributed by atoms with Crippen molar-refractivity contribution >= 4 is 34.8 Å². The Morgan fingerprint density at radius 3 is 2.61 bits per heavy atom. The van der Waals surface area contributed by atoms with E-state index in [2.05, 4.69) is 15.8 Å². The van der Waals surface area contributed by atoms with Gasteiger partial charge in [0.2, 0.25) is 0 Å². The van der Waals surface area contributed by atoms with Crippen LogP contribution in [-0.4, -0.2) is 17.5 Å². The third-order valence-corrected chi connectivity index (χ3v) is 5.54. The summed E-state index contributed by atoms with van der Waals surface area (Å²) < 4.78 is 5.93. The first-order chi connectivity index (χ1) is 14.9. The molecule has 4 rings (SSSR count). The number of nitrogens with zero attached hydrogens (tertiary/aromatic N) is 1. The van der Waals surface area contributed by atoms with Crippen LogP contribution in [0.1, 0.15) is 56.2 Å². The molecule has 0 radical (unpaired) electrons. The van der Waals surface area contributed by atoms with Crippen molar-refractivity contribution in [3.8, 4) is 0 Å². The number of para-hydroxylation sites is 1. The maximum absolute atomic E-state index is 12.9. The average Bonchev–Trinajstić information content (AvgIpc) is 3.11. The zero-order valence-electron chi connectivity index (χ0n) is 17.3. The summed E-state index contributed by atoms with van der Waals surface area (Å²) in [6.45, 7) is 3.78. The molecule has 0 unspecified atom stereocenters. The fourth-order valence-electron chi connectivity index (χ4n) is 3.70. The van der Waals surface area contributed by atoms with Gasteiger partial charge in [-0.1, -0.05) is 35.9 Å². The van der Waals surface area contributed by atoms with Gasteiger partial charge in [0.25, 0.3) is 11.8 Å². The summed E-state index contributed by atoms with van der Waals surface area (Å²) in [7, 11) is 0. The fraction of sp³-hybridized carbons (Fsp3) is 0.208. The van der Waals surface area contributed by atoms with Gasteiger partial charge in [0.05, 0.1) is 5.71 Å². The zero-order chi connectivity index (χ0) is 22.0. The molecule has 0 saturated heterocycles. The molecule has 0 saturated carbocycles. The molecule has 7 heteroatoms. The van der Waals surface area contributed by atoms with E-state index in [4.69, 9.17) is 16.0 Å². The highest BCUT2D eigenvalue weighted by Gasteiger charge is 2.28. The minimum atomic E-state index is -0.346. The van der Waals surface area contributed by atoms with Gasteiger partial charge in [-0.3, -0.25) is 9.59 Å². The maximum atomic E-state index is 12.9. The lowest BCUT2D eigenvalue weighted by molar-refractivity contribution is 0.0953. The zero-order valence-corrected chi connectivity index (χ0v) is 18.0. The van der Waals surface area contributed by atoms with Crippen molar-refractivity contribution in [1.29, 1.82) is 0 Å². The first-order valence-corrected chi connectivity index (χ1v) is 10.4. The van der Waals surface area contributed by atoms with Crippen molar-refractivity contribution in [2.75, 3.05) is 5.32 Å². The summed E-state index contributed by atoms with van der Waals surface area (Å²) in [5.74, 6) is 0.336. The Bertz CT molecular complexity index is 1200. The summed E-state index contributed by atoms with van der Waals surface area (Å²) in [6, 6.07) is 14.2. The van der Waals surface area contributed by atoms with Gasteiger partial charge in [0, 0.05) is 33.8 Å². The molecule has 158 valence electrons. The molecule has 6 nitrogen and oxygen atoms in total. The lowest BCUT2D eigenvalue weighted by Crippen LogP contribution is -2.22. The van der Waals surface area contributed by atoms with Crippen LogP contribution in [0.4, 0.5) is 5.69 Å². The van der Waals surface area contributed by atoms with E-state index in [9.17, 15) is 9.59 Å². The van der Waals surface area contributed by atoms with Gasteiger partial charge in [-0.05, 0) is 56.5 Å². The number of fused-ring (bicyclic) bond motifs is 1. The number of nitrogens with one attached hydrogen (secondary N) is 2. The number of aryl methyl sites for hydroxylation is 2. The molecule has 31 heavy (non-hydrogen) atoms. The predicted octanol–water partition coefficient (Wildman–Crippen LogP) is 5.27. The summed E-state index contributed by atoms with van der Waals surface area (Å²) in [5.41, 5.74) is 6.95. The molecule has 0 aliphatic heterocycles. The lowest BCUT2D eigenvalue weighted by atomic mass is 9.93. The van der Waals surface area contributed by atoms with Crippen molar-refractivity contribution in [1.82, 2.24) is 5.43 Å². The number of carbonyl (C=O) groups is 2. The van der Waals surface area contributed by atoms with E-state index in [1.165, 1.54) is 0 Å². The molecule has 0 spiro atoms. The van der Waals surface area contributed by atoms with E-state index < -0.39 is 0 Å². The van der Waals surface area contributed by atoms with Crippen LogP contribution in [0.3, 0.4) is 0 Å². The molecule has 2 aromatic carbocycles. The van der Waals surface area contributed by atoms with Crippen LogP contribution in [0.2, 0.25) is 5.02 Å². The van der Waals surface area contributed by atoms with Gasteiger partial charge in [0.1, 0.15) is 5.76 Å². The summed E-state index contributed by atoms with van der Waals surface area (Å²) >= 11 is 5.96. The Balaban J connectivity index is 1.58. The topological polar surface area (TPSA) is 83.7 Å². The Labute approximate surface area is 185 Å². The number of furan rings is 1. The largest absolute Gasteiger partial charge is 0.455 e. The molecule has 0 fully saturated rings. The van der Waals surface area contributed by atoms with Crippen molar-refractivity contribution in [3.63, 3.8) is 0 Å². The van der Waals surface area contributed by atoms with E-state index in [0.29, 0.717) is 22.7 Å². The van der Waals surface area contributed by atoms with Gasteiger partial charge < -0.3 is 9.73 Å². The highest BCUT2D eigenvalue weighted by atomic mass is 35.5. The van der Waals surface area contributed by atoms with Crippen LogP contribution in [0.25, 0.3) is 0 Å². The Morgan fingerprint density at radius 2 is 1.84 bits per heavy atom. The molecule has 0 atom stereocenters.